The molecule has 0 radical (unpaired) electrons. The molecular formula is C10H12ClN5OS. The lowest BCUT2D eigenvalue weighted by atomic mass is 10.2. The maximum atomic E-state index is 9.89. The molecule has 0 aliphatic rings. The highest BCUT2D eigenvalue weighted by Crippen LogP contribution is 2.17. The zero-order valence-corrected chi connectivity index (χ0v) is 11.2. The first-order valence-electron chi connectivity index (χ1n) is 5.22. The number of anilines is 2. The van der Waals surface area contributed by atoms with Crippen LogP contribution in [-0.2, 0) is 0 Å². The molecule has 0 bridgehead atoms. The minimum atomic E-state index is -0.607. The minimum absolute atomic E-state index is 0.0990. The molecule has 2 aromatic heterocycles. The molecular weight excluding hydrogens is 274 g/mol. The Morgan fingerprint density at radius 1 is 1.39 bits per heavy atom. The van der Waals surface area contributed by atoms with Crippen LogP contribution in [0.5, 0.6) is 0 Å². The number of rotatable bonds is 5. The number of thiophene rings is 1. The Kier molecular flexibility index (Phi) is 4.29. The molecule has 0 aliphatic heterocycles. The fraction of sp³-hybridized carbons (Fsp3) is 0.300. The molecule has 96 valence electrons. The predicted octanol–water partition coefficient (Wildman–Crippen LogP) is 1.77. The van der Waals surface area contributed by atoms with Crippen molar-refractivity contribution in [3.63, 3.8) is 0 Å². The summed E-state index contributed by atoms with van der Waals surface area (Å²) in [5, 5.41) is 19.5. The van der Waals surface area contributed by atoms with Crippen LogP contribution in [0.4, 0.5) is 11.9 Å². The molecule has 0 spiro atoms. The molecule has 2 rings (SSSR count). The van der Waals surface area contributed by atoms with Crippen LogP contribution in [0, 0.1) is 0 Å². The number of aromatic nitrogens is 3. The van der Waals surface area contributed by atoms with E-state index in [1.165, 1.54) is 11.3 Å². The maximum Gasteiger partial charge on any atom is 0.228 e. The second-order valence-corrected chi connectivity index (χ2v) is 4.57. The van der Waals surface area contributed by atoms with Crippen molar-refractivity contribution in [1.82, 2.24) is 15.0 Å². The van der Waals surface area contributed by atoms with Gasteiger partial charge in [0.25, 0.3) is 0 Å². The molecule has 0 amide bonds. The van der Waals surface area contributed by atoms with Gasteiger partial charge >= 0.3 is 0 Å². The molecule has 2 aromatic rings. The van der Waals surface area contributed by atoms with E-state index in [1.54, 1.807) is 7.05 Å². The van der Waals surface area contributed by atoms with Gasteiger partial charge in [-0.1, -0.05) is 0 Å². The van der Waals surface area contributed by atoms with Crippen molar-refractivity contribution in [2.75, 3.05) is 24.2 Å². The molecule has 0 saturated heterocycles. The number of aliphatic hydroxyl groups excluding tert-OH is 1. The van der Waals surface area contributed by atoms with Crippen molar-refractivity contribution in [1.29, 1.82) is 0 Å². The van der Waals surface area contributed by atoms with Gasteiger partial charge in [0, 0.05) is 13.6 Å². The lowest BCUT2D eigenvalue weighted by molar-refractivity contribution is 0.192. The van der Waals surface area contributed by atoms with Crippen LogP contribution in [0.3, 0.4) is 0 Å². The zero-order valence-electron chi connectivity index (χ0n) is 9.59. The molecule has 6 nitrogen and oxygen atoms in total. The van der Waals surface area contributed by atoms with Crippen LogP contribution in [0.2, 0.25) is 5.28 Å². The van der Waals surface area contributed by atoms with E-state index in [-0.39, 0.29) is 5.28 Å². The van der Waals surface area contributed by atoms with E-state index < -0.39 is 6.10 Å². The summed E-state index contributed by atoms with van der Waals surface area (Å²) in [6, 6.07) is 1.87. The fourth-order valence-electron chi connectivity index (χ4n) is 1.31. The van der Waals surface area contributed by atoms with Crippen molar-refractivity contribution in [2.45, 2.75) is 6.10 Å². The summed E-state index contributed by atoms with van der Waals surface area (Å²) in [5.41, 5.74) is 0.862. The lowest BCUT2D eigenvalue weighted by Crippen LogP contribution is -2.14. The van der Waals surface area contributed by atoms with Crippen molar-refractivity contribution < 1.29 is 5.11 Å². The first-order chi connectivity index (χ1) is 8.69. The normalized spacial score (nSPS) is 12.2. The molecule has 0 fully saturated rings. The average Bonchev–Trinajstić information content (AvgIpc) is 2.89. The number of nitrogens with one attached hydrogen (secondary N) is 2. The van der Waals surface area contributed by atoms with E-state index in [9.17, 15) is 5.11 Å². The SMILES string of the molecule is CNc1nc(Cl)nc(NCC(O)c2ccsc2)n1. The summed E-state index contributed by atoms with van der Waals surface area (Å²) in [5.74, 6) is 0.705. The standard InChI is InChI=1S/C10H12ClN5OS/c1-12-9-14-8(11)15-10(16-9)13-4-7(17)6-2-3-18-5-6/h2-3,5,7,17H,4H2,1H3,(H2,12,13,14,15,16). The molecule has 8 heteroatoms. The van der Waals surface area contributed by atoms with Gasteiger partial charge in [-0.3, -0.25) is 0 Å². The van der Waals surface area contributed by atoms with Crippen LogP contribution in [0.15, 0.2) is 16.8 Å². The predicted molar refractivity (Wildman–Crippen MR) is 72.2 cm³/mol. The Hall–Kier alpha value is -1.44. The number of halogens is 1. The van der Waals surface area contributed by atoms with Gasteiger partial charge in [-0.2, -0.15) is 26.3 Å². The Balaban J connectivity index is 1.99. The van der Waals surface area contributed by atoms with Crippen molar-refractivity contribution in [2.24, 2.45) is 0 Å². The Morgan fingerprint density at radius 2 is 2.17 bits per heavy atom. The van der Waals surface area contributed by atoms with Crippen molar-refractivity contribution in [3.05, 3.63) is 27.7 Å². The number of nitrogens with zero attached hydrogens (tertiary/aromatic N) is 3. The molecule has 0 aliphatic carbocycles. The summed E-state index contributed by atoms with van der Waals surface area (Å²) >= 11 is 7.28. The highest BCUT2D eigenvalue weighted by Gasteiger charge is 2.09. The molecule has 1 unspecified atom stereocenters. The van der Waals surface area contributed by atoms with Gasteiger partial charge in [0.05, 0.1) is 6.10 Å². The van der Waals surface area contributed by atoms with Gasteiger partial charge in [0.15, 0.2) is 0 Å². The fourth-order valence-corrected chi connectivity index (χ4v) is 2.18. The highest BCUT2D eigenvalue weighted by molar-refractivity contribution is 7.07. The Bertz CT molecular complexity index is 507. The third-order valence-electron chi connectivity index (χ3n) is 2.21. The first kappa shape index (κ1) is 13.0. The van der Waals surface area contributed by atoms with Gasteiger partial charge in [-0.05, 0) is 34.0 Å². The summed E-state index contributed by atoms with van der Waals surface area (Å²) in [6.45, 7) is 0.306. The molecule has 1 atom stereocenters. The summed E-state index contributed by atoms with van der Waals surface area (Å²) in [7, 11) is 1.69. The Labute approximate surface area is 113 Å². The number of hydrogen-bond acceptors (Lipinski definition) is 7. The second-order valence-electron chi connectivity index (χ2n) is 3.46. The van der Waals surface area contributed by atoms with E-state index in [4.69, 9.17) is 11.6 Å². The van der Waals surface area contributed by atoms with Crippen LogP contribution in [-0.4, -0.2) is 33.7 Å². The van der Waals surface area contributed by atoms with E-state index >= 15 is 0 Å². The van der Waals surface area contributed by atoms with Gasteiger partial charge in [0.2, 0.25) is 17.2 Å². The van der Waals surface area contributed by atoms with E-state index in [0.29, 0.717) is 18.4 Å². The average molecular weight is 286 g/mol. The van der Waals surface area contributed by atoms with Crippen molar-refractivity contribution >= 4 is 34.8 Å². The first-order valence-corrected chi connectivity index (χ1v) is 6.54. The Morgan fingerprint density at radius 3 is 2.83 bits per heavy atom. The van der Waals surface area contributed by atoms with E-state index in [2.05, 4.69) is 25.6 Å². The topological polar surface area (TPSA) is 83.0 Å². The molecule has 18 heavy (non-hydrogen) atoms. The summed E-state index contributed by atoms with van der Waals surface area (Å²) in [4.78, 5) is 11.8. The largest absolute Gasteiger partial charge is 0.387 e. The lowest BCUT2D eigenvalue weighted by Gasteiger charge is -2.10. The second kappa shape index (κ2) is 5.94. The van der Waals surface area contributed by atoms with E-state index in [0.717, 1.165) is 5.56 Å². The van der Waals surface area contributed by atoms with Crippen LogP contribution in [0.25, 0.3) is 0 Å². The van der Waals surface area contributed by atoms with Crippen LogP contribution in [0.1, 0.15) is 11.7 Å². The van der Waals surface area contributed by atoms with Crippen LogP contribution < -0.4 is 10.6 Å². The van der Waals surface area contributed by atoms with Crippen LogP contribution >= 0.6 is 22.9 Å². The third kappa shape index (κ3) is 3.28. The van der Waals surface area contributed by atoms with Gasteiger partial charge < -0.3 is 15.7 Å². The van der Waals surface area contributed by atoms with Gasteiger partial charge in [0.1, 0.15) is 0 Å². The maximum absolute atomic E-state index is 9.89. The van der Waals surface area contributed by atoms with Crippen molar-refractivity contribution in [3.8, 4) is 0 Å². The molecule has 0 aromatic carbocycles. The molecule has 3 N–H and O–H groups in total. The number of aliphatic hydroxyl groups is 1. The smallest absolute Gasteiger partial charge is 0.228 e. The molecule has 0 saturated carbocycles. The van der Waals surface area contributed by atoms with Gasteiger partial charge in [-0.15, -0.1) is 0 Å². The minimum Gasteiger partial charge on any atom is -0.387 e. The zero-order chi connectivity index (χ0) is 13.0. The highest BCUT2D eigenvalue weighted by atomic mass is 35.5. The third-order valence-corrected chi connectivity index (χ3v) is 3.08. The summed E-state index contributed by atoms with van der Waals surface area (Å²) < 4.78 is 0. The quantitative estimate of drug-likeness (QED) is 0.777. The summed E-state index contributed by atoms with van der Waals surface area (Å²) in [6.07, 6.45) is -0.607. The molecule has 2 heterocycles. The van der Waals surface area contributed by atoms with Gasteiger partial charge in [-0.25, -0.2) is 0 Å². The van der Waals surface area contributed by atoms with E-state index in [1.807, 2.05) is 16.8 Å². The number of hydrogen-bond donors (Lipinski definition) is 3. The monoisotopic (exact) mass is 285 g/mol.